The zero-order valence-corrected chi connectivity index (χ0v) is 15.4. The van der Waals surface area contributed by atoms with Crippen molar-refractivity contribution in [2.45, 2.75) is 26.3 Å². The Hall–Kier alpha value is -3.15. The lowest BCUT2D eigenvalue weighted by Crippen LogP contribution is -2.40. The first-order chi connectivity index (χ1) is 13.1. The van der Waals surface area contributed by atoms with E-state index in [0.29, 0.717) is 23.2 Å². The minimum absolute atomic E-state index is 0.0484. The van der Waals surface area contributed by atoms with Gasteiger partial charge >= 0.3 is 0 Å². The minimum Gasteiger partial charge on any atom is -0.495 e. The normalized spacial score (nSPS) is 13.5. The molecule has 6 heteroatoms. The molecule has 1 aliphatic rings. The fourth-order valence-electron chi connectivity index (χ4n) is 3.71. The first-order valence-electron chi connectivity index (χ1n) is 9.01. The first kappa shape index (κ1) is 17.3. The summed E-state index contributed by atoms with van der Waals surface area (Å²) in [6.07, 6.45) is 3.26. The molecular weight excluding hydrogens is 342 g/mol. The number of aromatic nitrogens is 2. The molecule has 0 aliphatic carbocycles. The molecule has 138 valence electrons. The van der Waals surface area contributed by atoms with Gasteiger partial charge in [0, 0.05) is 6.54 Å². The van der Waals surface area contributed by atoms with Crippen LogP contribution < -0.4 is 15.2 Å². The van der Waals surface area contributed by atoms with Crippen molar-refractivity contribution in [1.29, 1.82) is 0 Å². The number of amides is 1. The van der Waals surface area contributed by atoms with Crippen LogP contribution in [0.3, 0.4) is 0 Å². The summed E-state index contributed by atoms with van der Waals surface area (Å²) in [7, 11) is 1.60. The smallest absolute Gasteiger partial charge is 0.261 e. The lowest BCUT2D eigenvalue weighted by atomic mass is 10.0. The van der Waals surface area contributed by atoms with Crippen LogP contribution in [0.4, 0.5) is 5.69 Å². The molecule has 3 aromatic rings. The zero-order chi connectivity index (χ0) is 19.0. The van der Waals surface area contributed by atoms with Gasteiger partial charge < -0.3 is 9.64 Å². The molecule has 6 nitrogen and oxygen atoms in total. The fraction of sp³-hybridized carbons (Fsp3) is 0.286. The molecule has 1 aliphatic heterocycles. The second-order valence-corrected chi connectivity index (χ2v) is 6.77. The van der Waals surface area contributed by atoms with Gasteiger partial charge in [-0.05, 0) is 43.0 Å². The van der Waals surface area contributed by atoms with E-state index in [2.05, 4.69) is 4.98 Å². The fourth-order valence-corrected chi connectivity index (χ4v) is 3.71. The van der Waals surface area contributed by atoms with Crippen molar-refractivity contribution in [2.24, 2.45) is 0 Å². The molecule has 0 N–H and O–H groups in total. The number of para-hydroxylation sites is 2. The minimum atomic E-state index is -0.200. The van der Waals surface area contributed by atoms with Crippen LogP contribution in [-0.4, -0.2) is 29.1 Å². The van der Waals surface area contributed by atoms with Crippen molar-refractivity contribution in [3.8, 4) is 5.75 Å². The second kappa shape index (κ2) is 6.87. The SMILES string of the molecule is COc1cccc2c1N(C(=O)Cn1cnc3c(C)cccc3c1=O)CCC2. The standard InChI is InChI=1S/C21H21N3O3/c1-14-6-3-9-16-19(14)22-13-23(21(16)26)12-18(25)24-11-5-8-15-7-4-10-17(27-2)20(15)24/h3-4,6-7,9-10,13H,5,8,11-12H2,1-2H3. The average molecular weight is 363 g/mol. The highest BCUT2D eigenvalue weighted by Gasteiger charge is 2.26. The van der Waals surface area contributed by atoms with Crippen LogP contribution >= 0.6 is 0 Å². The molecule has 1 aromatic heterocycles. The highest BCUT2D eigenvalue weighted by atomic mass is 16.5. The number of carbonyl (C=O) groups excluding carboxylic acids is 1. The summed E-state index contributed by atoms with van der Waals surface area (Å²) < 4.78 is 6.85. The number of rotatable bonds is 3. The van der Waals surface area contributed by atoms with Crippen molar-refractivity contribution in [1.82, 2.24) is 9.55 Å². The van der Waals surface area contributed by atoms with E-state index in [4.69, 9.17) is 4.74 Å². The predicted molar refractivity (Wildman–Crippen MR) is 104 cm³/mol. The summed E-state index contributed by atoms with van der Waals surface area (Å²) in [5.41, 5.74) is 3.32. The number of methoxy groups -OCH3 is 1. The maximum Gasteiger partial charge on any atom is 0.261 e. The van der Waals surface area contributed by atoms with E-state index >= 15 is 0 Å². The van der Waals surface area contributed by atoms with E-state index in [1.807, 2.05) is 37.3 Å². The van der Waals surface area contributed by atoms with Gasteiger partial charge in [0.25, 0.3) is 5.56 Å². The Balaban J connectivity index is 1.70. The van der Waals surface area contributed by atoms with Crippen molar-refractivity contribution in [3.63, 3.8) is 0 Å². The molecule has 1 amide bonds. The first-order valence-corrected chi connectivity index (χ1v) is 9.01. The van der Waals surface area contributed by atoms with Crippen LogP contribution in [0.25, 0.3) is 10.9 Å². The third-order valence-corrected chi connectivity index (χ3v) is 5.06. The van der Waals surface area contributed by atoms with Crippen LogP contribution in [0, 0.1) is 6.92 Å². The average Bonchev–Trinajstić information content (AvgIpc) is 2.69. The number of hydrogen-bond acceptors (Lipinski definition) is 4. The largest absolute Gasteiger partial charge is 0.495 e. The zero-order valence-electron chi connectivity index (χ0n) is 15.4. The molecule has 0 unspecified atom stereocenters. The van der Waals surface area contributed by atoms with Crippen LogP contribution in [0.2, 0.25) is 0 Å². The Morgan fingerprint density at radius 2 is 2.04 bits per heavy atom. The molecule has 2 heterocycles. The molecule has 0 atom stereocenters. The molecule has 0 fully saturated rings. The Kier molecular flexibility index (Phi) is 4.39. The Labute approximate surface area is 157 Å². The van der Waals surface area contributed by atoms with E-state index in [9.17, 15) is 9.59 Å². The van der Waals surface area contributed by atoms with Gasteiger partial charge in [-0.25, -0.2) is 4.98 Å². The lowest BCUT2D eigenvalue weighted by Gasteiger charge is -2.31. The summed E-state index contributed by atoms with van der Waals surface area (Å²) >= 11 is 0. The summed E-state index contributed by atoms with van der Waals surface area (Å²) in [5, 5.41) is 0.530. The number of carbonyl (C=O) groups is 1. The van der Waals surface area contributed by atoms with Gasteiger partial charge in [0.2, 0.25) is 5.91 Å². The van der Waals surface area contributed by atoms with E-state index in [0.717, 1.165) is 29.7 Å². The summed E-state index contributed by atoms with van der Waals surface area (Å²) in [5.74, 6) is 0.538. The summed E-state index contributed by atoms with van der Waals surface area (Å²) in [6.45, 7) is 2.48. The highest BCUT2D eigenvalue weighted by molar-refractivity contribution is 5.96. The molecule has 0 bridgehead atoms. The van der Waals surface area contributed by atoms with Gasteiger partial charge in [0.1, 0.15) is 12.3 Å². The molecule has 4 rings (SSSR count). The number of fused-ring (bicyclic) bond motifs is 2. The maximum absolute atomic E-state index is 13.0. The molecule has 0 saturated heterocycles. The van der Waals surface area contributed by atoms with Crippen LogP contribution in [0.15, 0.2) is 47.5 Å². The van der Waals surface area contributed by atoms with E-state index in [1.165, 1.54) is 10.9 Å². The van der Waals surface area contributed by atoms with Crippen molar-refractivity contribution < 1.29 is 9.53 Å². The number of nitrogens with zero attached hydrogens (tertiary/aromatic N) is 3. The Bertz CT molecular complexity index is 1070. The van der Waals surface area contributed by atoms with Gasteiger partial charge in [-0.2, -0.15) is 0 Å². The number of anilines is 1. The lowest BCUT2D eigenvalue weighted by molar-refractivity contribution is -0.119. The highest BCUT2D eigenvalue weighted by Crippen LogP contribution is 2.36. The number of hydrogen-bond donors (Lipinski definition) is 0. The molecule has 27 heavy (non-hydrogen) atoms. The summed E-state index contributed by atoms with van der Waals surface area (Å²) in [4.78, 5) is 31.9. The van der Waals surface area contributed by atoms with Crippen molar-refractivity contribution in [3.05, 3.63) is 64.2 Å². The monoisotopic (exact) mass is 363 g/mol. The predicted octanol–water partition coefficient (Wildman–Crippen LogP) is 2.69. The van der Waals surface area contributed by atoms with Gasteiger partial charge in [-0.3, -0.25) is 14.2 Å². The van der Waals surface area contributed by atoms with Crippen LogP contribution in [0.5, 0.6) is 5.75 Å². The van der Waals surface area contributed by atoms with Crippen LogP contribution in [-0.2, 0) is 17.8 Å². The topological polar surface area (TPSA) is 64.4 Å². The van der Waals surface area contributed by atoms with Crippen molar-refractivity contribution in [2.75, 3.05) is 18.6 Å². The Morgan fingerprint density at radius 1 is 1.22 bits per heavy atom. The number of ether oxygens (including phenoxy) is 1. The van der Waals surface area contributed by atoms with Crippen molar-refractivity contribution >= 4 is 22.5 Å². The third-order valence-electron chi connectivity index (χ3n) is 5.06. The van der Waals surface area contributed by atoms with Gasteiger partial charge in [-0.1, -0.05) is 24.3 Å². The molecule has 0 spiro atoms. The van der Waals surface area contributed by atoms with Crippen LogP contribution in [0.1, 0.15) is 17.5 Å². The van der Waals surface area contributed by atoms with E-state index < -0.39 is 0 Å². The number of aryl methyl sites for hydroxylation is 2. The second-order valence-electron chi connectivity index (χ2n) is 6.77. The maximum atomic E-state index is 13.0. The van der Waals surface area contributed by atoms with Gasteiger partial charge in [0.15, 0.2) is 0 Å². The quantitative estimate of drug-likeness (QED) is 0.718. The molecule has 0 radical (unpaired) electrons. The number of benzene rings is 2. The van der Waals surface area contributed by atoms with Gasteiger partial charge in [0.05, 0.1) is 30.0 Å². The molecule has 2 aromatic carbocycles. The summed E-state index contributed by atoms with van der Waals surface area (Å²) in [6, 6.07) is 11.3. The third kappa shape index (κ3) is 2.97. The Morgan fingerprint density at radius 3 is 2.85 bits per heavy atom. The molecule has 0 saturated carbocycles. The van der Waals surface area contributed by atoms with E-state index in [1.54, 1.807) is 18.1 Å². The van der Waals surface area contributed by atoms with Gasteiger partial charge in [-0.15, -0.1) is 0 Å². The van der Waals surface area contributed by atoms with E-state index in [-0.39, 0.29) is 18.0 Å². The molecular formula is C21H21N3O3.